The van der Waals surface area contributed by atoms with Crippen molar-refractivity contribution in [3.8, 4) is 6.07 Å². The summed E-state index contributed by atoms with van der Waals surface area (Å²) < 4.78 is 78.4. The number of alkyl halides is 6. The fourth-order valence-electron chi connectivity index (χ4n) is 2.29. The Labute approximate surface area is 111 Å². The molecule has 20 heavy (non-hydrogen) atoms. The van der Waals surface area contributed by atoms with Crippen molar-refractivity contribution >= 4 is 0 Å². The van der Waals surface area contributed by atoms with Crippen LogP contribution in [-0.4, -0.2) is 36.6 Å². The van der Waals surface area contributed by atoms with E-state index < -0.39 is 30.1 Å². The molecule has 0 heterocycles. The quantitative estimate of drug-likeness (QED) is 0.812. The molecule has 0 aromatic heterocycles. The normalized spacial score (nSPS) is 27.9. The van der Waals surface area contributed by atoms with E-state index in [9.17, 15) is 26.3 Å². The largest absolute Gasteiger partial charge is 0.423 e. The summed E-state index contributed by atoms with van der Waals surface area (Å²) in [4.78, 5) is 0. The molecule has 1 aliphatic rings. The van der Waals surface area contributed by atoms with Crippen molar-refractivity contribution in [1.29, 1.82) is 5.26 Å². The third-order valence-electron chi connectivity index (χ3n) is 3.12. The van der Waals surface area contributed by atoms with Gasteiger partial charge < -0.3 is 4.74 Å². The second-order valence-corrected chi connectivity index (χ2v) is 4.69. The molecule has 0 spiro atoms. The molecular weight excluding hydrogens is 290 g/mol. The van der Waals surface area contributed by atoms with E-state index in [0.717, 1.165) is 0 Å². The summed E-state index contributed by atoms with van der Waals surface area (Å²) in [5, 5.41) is 11.8. The Bertz CT molecular complexity index is 361. The van der Waals surface area contributed by atoms with E-state index in [1.807, 2.05) is 6.07 Å². The van der Waals surface area contributed by atoms with Crippen LogP contribution in [0.3, 0.4) is 0 Å². The van der Waals surface area contributed by atoms with Gasteiger partial charge in [-0.3, -0.25) is 5.32 Å². The monoisotopic (exact) mass is 304 g/mol. The average Bonchev–Trinajstić information content (AvgIpc) is 2.68. The highest BCUT2D eigenvalue weighted by Crippen LogP contribution is 2.40. The van der Waals surface area contributed by atoms with Gasteiger partial charge in [-0.25, -0.2) is 0 Å². The molecule has 0 aromatic carbocycles. The Kier molecular flexibility index (Phi) is 4.92. The first kappa shape index (κ1) is 17.0. The minimum atomic E-state index is -5.52. The number of hydrogen-bond donors (Lipinski definition) is 1. The smallest absolute Gasteiger partial charge is 0.357 e. The number of nitrogens with zero attached hydrogens (tertiary/aromatic N) is 1. The Morgan fingerprint density at radius 2 is 1.85 bits per heavy atom. The van der Waals surface area contributed by atoms with Crippen LogP contribution in [0.4, 0.5) is 26.3 Å². The molecule has 3 nitrogen and oxygen atoms in total. The summed E-state index contributed by atoms with van der Waals surface area (Å²) in [6, 6.07) is 1.91. The number of nitrogens with one attached hydrogen (secondary N) is 1. The fourth-order valence-corrected chi connectivity index (χ4v) is 2.29. The molecule has 1 fully saturated rings. The molecule has 0 aliphatic heterocycles. The van der Waals surface area contributed by atoms with Gasteiger partial charge in [0, 0.05) is 6.42 Å². The van der Waals surface area contributed by atoms with Crippen molar-refractivity contribution in [2.75, 3.05) is 6.54 Å². The summed E-state index contributed by atoms with van der Waals surface area (Å²) in [5.41, 5.74) is -1.11. The highest BCUT2D eigenvalue weighted by Gasteiger charge is 2.59. The summed E-state index contributed by atoms with van der Waals surface area (Å²) in [6.07, 6.45) is -16.2. The van der Waals surface area contributed by atoms with E-state index in [0.29, 0.717) is 6.54 Å². The maximum absolute atomic E-state index is 12.4. The molecule has 0 aromatic rings. The lowest BCUT2D eigenvalue weighted by Gasteiger charge is -2.27. The van der Waals surface area contributed by atoms with Crippen molar-refractivity contribution in [2.45, 2.75) is 56.3 Å². The van der Waals surface area contributed by atoms with Crippen LogP contribution in [0.1, 0.15) is 26.2 Å². The van der Waals surface area contributed by atoms with Crippen molar-refractivity contribution < 1.29 is 31.1 Å². The first-order valence-corrected chi connectivity index (χ1v) is 5.99. The van der Waals surface area contributed by atoms with Gasteiger partial charge in [0.15, 0.2) is 0 Å². The van der Waals surface area contributed by atoms with Crippen molar-refractivity contribution in [3.63, 3.8) is 0 Å². The van der Waals surface area contributed by atoms with Crippen LogP contribution in [0.5, 0.6) is 0 Å². The lowest BCUT2D eigenvalue weighted by atomic mass is 10.00. The molecule has 1 rings (SSSR count). The van der Waals surface area contributed by atoms with Crippen LogP contribution in [0.25, 0.3) is 0 Å². The highest BCUT2D eigenvalue weighted by molar-refractivity contribution is 5.12. The van der Waals surface area contributed by atoms with Gasteiger partial charge in [0.2, 0.25) is 6.10 Å². The number of ether oxygens (including phenoxy) is 1. The molecule has 0 saturated heterocycles. The lowest BCUT2D eigenvalue weighted by molar-refractivity contribution is -0.330. The molecule has 1 N–H and O–H groups in total. The summed E-state index contributed by atoms with van der Waals surface area (Å²) in [7, 11) is 0. The third kappa shape index (κ3) is 3.99. The minimum Gasteiger partial charge on any atom is -0.357 e. The Hall–Kier alpha value is -1.01. The predicted octanol–water partition coefficient (Wildman–Crippen LogP) is 2.92. The van der Waals surface area contributed by atoms with Crippen LogP contribution in [0, 0.1) is 11.3 Å². The number of rotatable bonds is 4. The molecule has 9 heteroatoms. The summed E-state index contributed by atoms with van der Waals surface area (Å²) >= 11 is 0. The van der Waals surface area contributed by atoms with E-state index in [4.69, 9.17) is 5.26 Å². The van der Waals surface area contributed by atoms with Crippen LogP contribution < -0.4 is 5.32 Å². The maximum atomic E-state index is 12.4. The molecule has 0 amide bonds. The van der Waals surface area contributed by atoms with Gasteiger partial charge in [-0.05, 0) is 19.4 Å². The zero-order valence-corrected chi connectivity index (χ0v) is 10.6. The van der Waals surface area contributed by atoms with Crippen LogP contribution in [-0.2, 0) is 4.74 Å². The van der Waals surface area contributed by atoms with Gasteiger partial charge in [0.1, 0.15) is 5.54 Å². The van der Waals surface area contributed by atoms with E-state index in [1.165, 1.54) is 0 Å². The molecule has 1 aliphatic carbocycles. The number of nitriles is 1. The van der Waals surface area contributed by atoms with E-state index in [-0.39, 0.29) is 19.3 Å². The molecule has 0 radical (unpaired) electrons. The van der Waals surface area contributed by atoms with Crippen molar-refractivity contribution in [1.82, 2.24) is 5.32 Å². The molecular formula is C11H14F6N2O. The number of halogens is 6. The van der Waals surface area contributed by atoms with E-state index in [2.05, 4.69) is 10.1 Å². The number of hydrogen-bond acceptors (Lipinski definition) is 3. The summed E-state index contributed by atoms with van der Waals surface area (Å²) in [6.45, 7) is 2.09. The second kappa shape index (κ2) is 5.77. The highest BCUT2D eigenvalue weighted by atomic mass is 19.4. The lowest BCUT2D eigenvalue weighted by Crippen LogP contribution is -2.47. The third-order valence-corrected chi connectivity index (χ3v) is 3.12. The molecule has 2 atom stereocenters. The molecule has 0 bridgehead atoms. The Morgan fingerprint density at radius 3 is 2.25 bits per heavy atom. The predicted molar refractivity (Wildman–Crippen MR) is 56.6 cm³/mol. The fraction of sp³-hybridized carbons (Fsp3) is 0.909. The van der Waals surface area contributed by atoms with Gasteiger partial charge in [0.25, 0.3) is 0 Å². The topological polar surface area (TPSA) is 45.0 Å². The van der Waals surface area contributed by atoms with Crippen molar-refractivity contribution in [2.24, 2.45) is 0 Å². The van der Waals surface area contributed by atoms with Crippen LogP contribution in [0.2, 0.25) is 0 Å². The van der Waals surface area contributed by atoms with Gasteiger partial charge in [-0.15, -0.1) is 0 Å². The SMILES string of the molecule is CCNC1(C#N)CCC(OC(C(F)(F)F)C(F)(F)F)C1. The average molecular weight is 304 g/mol. The van der Waals surface area contributed by atoms with Gasteiger partial charge >= 0.3 is 12.4 Å². The van der Waals surface area contributed by atoms with E-state index >= 15 is 0 Å². The first-order valence-electron chi connectivity index (χ1n) is 5.99. The zero-order valence-electron chi connectivity index (χ0n) is 10.6. The maximum Gasteiger partial charge on any atom is 0.423 e. The van der Waals surface area contributed by atoms with Crippen LogP contribution >= 0.6 is 0 Å². The second-order valence-electron chi connectivity index (χ2n) is 4.69. The van der Waals surface area contributed by atoms with Crippen molar-refractivity contribution in [3.05, 3.63) is 0 Å². The zero-order chi connectivity index (χ0) is 15.6. The Balaban J connectivity index is 2.77. The molecule has 2 unspecified atom stereocenters. The standard InChI is InChI=1S/C11H14F6N2O/c1-2-19-9(6-18)4-3-7(5-9)20-8(10(12,13)14)11(15,16)17/h7-8,19H,2-5H2,1H3. The summed E-state index contributed by atoms with van der Waals surface area (Å²) in [5.74, 6) is 0. The molecule has 1 saturated carbocycles. The molecule has 116 valence electrons. The Morgan fingerprint density at radius 1 is 1.30 bits per heavy atom. The van der Waals surface area contributed by atoms with Gasteiger partial charge in [-0.2, -0.15) is 31.6 Å². The first-order chi connectivity index (χ1) is 9.04. The van der Waals surface area contributed by atoms with Gasteiger partial charge in [-0.1, -0.05) is 6.92 Å². The van der Waals surface area contributed by atoms with E-state index in [1.54, 1.807) is 6.92 Å². The van der Waals surface area contributed by atoms with Gasteiger partial charge in [0.05, 0.1) is 12.2 Å². The minimum absolute atomic E-state index is 0.0246. The van der Waals surface area contributed by atoms with Crippen LogP contribution in [0.15, 0.2) is 0 Å².